The average molecular weight is 148 g/mol. The van der Waals surface area contributed by atoms with Crippen molar-refractivity contribution < 1.29 is 0 Å². The molecule has 0 fully saturated rings. The van der Waals surface area contributed by atoms with Crippen molar-refractivity contribution in [2.75, 3.05) is 5.73 Å². The van der Waals surface area contributed by atoms with E-state index in [1.165, 1.54) is 6.33 Å². The number of hydrogen-bond donors (Lipinski definition) is 2. The molecule has 2 rings (SSSR count). The molecule has 0 saturated heterocycles. The summed E-state index contributed by atoms with van der Waals surface area (Å²) in [5.74, 6) is 0.527. The fourth-order valence-electron chi connectivity index (χ4n) is 1.10. The second-order valence-electron chi connectivity index (χ2n) is 2.43. The van der Waals surface area contributed by atoms with E-state index in [9.17, 15) is 0 Å². The minimum Gasteiger partial charge on any atom is -0.383 e. The summed E-state index contributed by atoms with van der Waals surface area (Å²) in [7, 11) is 0. The smallest absolute Gasteiger partial charge is 0.136 e. The predicted molar refractivity (Wildman–Crippen MR) is 43.0 cm³/mol. The lowest BCUT2D eigenvalue weighted by molar-refractivity contribution is 1.21. The van der Waals surface area contributed by atoms with E-state index in [0.29, 0.717) is 5.82 Å². The van der Waals surface area contributed by atoms with E-state index in [1.807, 2.05) is 13.1 Å². The number of aromatic amines is 1. The molecule has 0 spiro atoms. The van der Waals surface area contributed by atoms with Crippen molar-refractivity contribution in [1.82, 2.24) is 15.0 Å². The van der Waals surface area contributed by atoms with E-state index < -0.39 is 0 Å². The van der Waals surface area contributed by atoms with Crippen LogP contribution < -0.4 is 5.73 Å². The summed E-state index contributed by atoms with van der Waals surface area (Å²) in [5.41, 5.74) is 7.52. The van der Waals surface area contributed by atoms with Crippen LogP contribution >= 0.6 is 0 Å². The van der Waals surface area contributed by atoms with Crippen LogP contribution in [0.15, 0.2) is 12.5 Å². The van der Waals surface area contributed by atoms with Gasteiger partial charge in [-0.1, -0.05) is 0 Å². The van der Waals surface area contributed by atoms with Crippen LogP contribution in [-0.4, -0.2) is 15.0 Å². The molecule has 0 aromatic carbocycles. The highest BCUT2D eigenvalue weighted by molar-refractivity contribution is 5.89. The highest BCUT2D eigenvalue weighted by atomic mass is 14.9. The van der Waals surface area contributed by atoms with E-state index >= 15 is 0 Å². The molecule has 56 valence electrons. The molecule has 11 heavy (non-hydrogen) atoms. The monoisotopic (exact) mass is 148 g/mol. The van der Waals surface area contributed by atoms with Crippen molar-refractivity contribution in [3.63, 3.8) is 0 Å². The molecule has 0 amide bonds. The van der Waals surface area contributed by atoms with Crippen LogP contribution in [-0.2, 0) is 0 Å². The summed E-state index contributed by atoms with van der Waals surface area (Å²) < 4.78 is 0. The van der Waals surface area contributed by atoms with E-state index in [2.05, 4.69) is 15.0 Å². The number of hydrogen-bond acceptors (Lipinski definition) is 3. The first-order valence-electron chi connectivity index (χ1n) is 3.33. The number of nitrogens with one attached hydrogen (secondary N) is 1. The van der Waals surface area contributed by atoms with E-state index in [1.54, 1.807) is 0 Å². The third kappa shape index (κ3) is 0.756. The molecule has 0 saturated carbocycles. The van der Waals surface area contributed by atoms with Gasteiger partial charge in [-0.3, -0.25) is 0 Å². The number of nitrogens with zero attached hydrogens (tertiary/aromatic N) is 2. The normalized spacial score (nSPS) is 10.6. The fourth-order valence-corrected chi connectivity index (χ4v) is 1.10. The van der Waals surface area contributed by atoms with Crippen LogP contribution in [0.4, 0.5) is 5.82 Å². The number of rotatable bonds is 0. The van der Waals surface area contributed by atoms with Gasteiger partial charge in [0.05, 0.1) is 10.9 Å². The Labute approximate surface area is 63.5 Å². The zero-order valence-electron chi connectivity index (χ0n) is 6.13. The Bertz CT molecular complexity index is 390. The first-order valence-corrected chi connectivity index (χ1v) is 3.33. The summed E-state index contributed by atoms with van der Waals surface area (Å²) in [6.45, 7) is 1.95. The summed E-state index contributed by atoms with van der Waals surface area (Å²) >= 11 is 0. The molecule has 0 unspecified atom stereocenters. The molecule has 0 aliphatic carbocycles. The molecule has 0 aliphatic heterocycles. The second kappa shape index (κ2) is 1.95. The highest BCUT2D eigenvalue weighted by Crippen LogP contribution is 2.17. The fraction of sp³-hybridized carbons (Fsp3) is 0.143. The molecule has 0 atom stereocenters. The zero-order valence-corrected chi connectivity index (χ0v) is 6.13. The Kier molecular flexibility index (Phi) is 1.09. The van der Waals surface area contributed by atoms with Crippen molar-refractivity contribution in [3.05, 3.63) is 18.2 Å². The minimum absolute atomic E-state index is 0.527. The van der Waals surface area contributed by atoms with Gasteiger partial charge >= 0.3 is 0 Å². The standard InChI is InChI=1S/C7H8N4/c1-4-6-5(2-9-4)7(8)11-3-10-6/h2-3,9H,1H3,(H2,8,10,11). The Balaban J connectivity index is 2.94. The van der Waals surface area contributed by atoms with Crippen LogP contribution in [0.3, 0.4) is 0 Å². The number of aryl methyl sites for hydroxylation is 1. The van der Waals surface area contributed by atoms with Gasteiger partial charge in [-0.25, -0.2) is 9.97 Å². The third-order valence-corrected chi connectivity index (χ3v) is 1.70. The summed E-state index contributed by atoms with van der Waals surface area (Å²) in [6.07, 6.45) is 3.29. The molecule has 0 radical (unpaired) electrons. The zero-order chi connectivity index (χ0) is 7.84. The Morgan fingerprint density at radius 3 is 3.00 bits per heavy atom. The number of aromatic nitrogens is 3. The highest BCUT2D eigenvalue weighted by Gasteiger charge is 2.02. The molecular formula is C7H8N4. The van der Waals surface area contributed by atoms with E-state index in [4.69, 9.17) is 5.73 Å². The van der Waals surface area contributed by atoms with Crippen molar-refractivity contribution in [2.45, 2.75) is 6.92 Å². The summed E-state index contributed by atoms with van der Waals surface area (Å²) in [6, 6.07) is 0. The SMILES string of the molecule is Cc1[nH]cc2c(N)ncnc12. The van der Waals surface area contributed by atoms with Gasteiger partial charge in [0.15, 0.2) is 0 Å². The van der Waals surface area contributed by atoms with Crippen LogP contribution in [0.1, 0.15) is 5.69 Å². The Hall–Kier alpha value is -1.58. The quantitative estimate of drug-likeness (QED) is 0.582. The largest absolute Gasteiger partial charge is 0.383 e. The van der Waals surface area contributed by atoms with Crippen LogP contribution in [0.5, 0.6) is 0 Å². The predicted octanol–water partition coefficient (Wildman–Crippen LogP) is 0.849. The molecule has 0 bridgehead atoms. The molecule has 4 heteroatoms. The summed E-state index contributed by atoms with van der Waals surface area (Å²) in [5, 5.41) is 0.894. The van der Waals surface area contributed by atoms with E-state index in [0.717, 1.165) is 16.6 Å². The van der Waals surface area contributed by atoms with Gasteiger partial charge in [-0.2, -0.15) is 0 Å². The van der Waals surface area contributed by atoms with Crippen molar-refractivity contribution in [2.24, 2.45) is 0 Å². The van der Waals surface area contributed by atoms with Crippen molar-refractivity contribution in [1.29, 1.82) is 0 Å². The van der Waals surface area contributed by atoms with Gasteiger partial charge in [-0.15, -0.1) is 0 Å². The van der Waals surface area contributed by atoms with Crippen molar-refractivity contribution >= 4 is 16.7 Å². The maximum absolute atomic E-state index is 5.60. The van der Waals surface area contributed by atoms with Crippen LogP contribution in [0.25, 0.3) is 10.9 Å². The number of fused-ring (bicyclic) bond motifs is 1. The number of anilines is 1. The van der Waals surface area contributed by atoms with Crippen LogP contribution in [0, 0.1) is 6.92 Å². The minimum atomic E-state index is 0.527. The lowest BCUT2D eigenvalue weighted by Gasteiger charge is -1.92. The molecule has 4 nitrogen and oxygen atoms in total. The maximum atomic E-state index is 5.60. The van der Waals surface area contributed by atoms with Gasteiger partial charge in [-0.05, 0) is 6.92 Å². The first-order chi connectivity index (χ1) is 5.29. The van der Waals surface area contributed by atoms with Crippen molar-refractivity contribution in [3.8, 4) is 0 Å². The Morgan fingerprint density at radius 2 is 2.27 bits per heavy atom. The topological polar surface area (TPSA) is 67.6 Å². The van der Waals surface area contributed by atoms with Gasteiger partial charge in [0.25, 0.3) is 0 Å². The second-order valence-corrected chi connectivity index (χ2v) is 2.43. The average Bonchev–Trinajstić information content (AvgIpc) is 2.35. The van der Waals surface area contributed by atoms with E-state index in [-0.39, 0.29) is 0 Å². The molecule has 3 N–H and O–H groups in total. The Morgan fingerprint density at radius 1 is 1.45 bits per heavy atom. The maximum Gasteiger partial charge on any atom is 0.136 e. The van der Waals surface area contributed by atoms with Gasteiger partial charge in [0.1, 0.15) is 12.1 Å². The lowest BCUT2D eigenvalue weighted by Crippen LogP contribution is -1.90. The molecule has 0 aliphatic rings. The molecular weight excluding hydrogens is 140 g/mol. The van der Waals surface area contributed by atoms with Gasteiger partial charge in [0, 0.05) is 11.9 Å². The molecule has 2 aromatic rings. The summed E-state index contributed by atoms with van der Waals surface area (Å²) in [4.78, 5) is 11.0. The van der Waals surface area contributed by atoms with Gasteiger partial charge < -0.3 is 10.7 Å². The third-order valence-electron chi connectivity index (χ3n) is 1.70. The number of H-pyrrole nitrogens is 1. The van der Waals surface area contributed by atoms with Gasteiger partial charge in [0.2, 0.25) is 0 Å². The first kappa shape index (κ1) is 6.15. The number of nitrogens with two attached hydrogens (primary N) is 1. The molecule has 2 aromatic heterocycles. The number of nitrogen functional groups attached to an aromatic ring is 1. The lowest BCUT2D eigenvalue weighted by atomic mass is 10.3. The van der Waals surface area contributed by atoms with Crippen LogP contribution in [0.2, 0.25) is 0 Å². The molecule has 2 heterocycles.